The van der Waals surface area contributed by atoms with Crippen LogP contribution >= 0.6 is 35.6 Å². The van der Waals surface area contributed by atoms with Crippen molar-refractivity contribution in [2.75, 3.05) is 6.54 Å². The van der Waals surface area contributed by atoms with Crippen molar-refractivity contribution in [3.8, 4) is 0 Å². The number of hydrogen-bond acceptors (Lipinski definition) is 3. The molecule has 1 amide bonds. The minimum atomic E-state index is -0.0189. The third-order valence-electron chi connectivity index (χ3n) is 6.32. The Morgan fingerprint density at radius 1 is 0.971 bits per heavy atom. The Bertz CT molecular complexity index is 1440. The fourth-order valence-electron chi connectivity index (χ4n) is 4.52. The second-order valence-corrected chi connectivity index (χ2v) is 10.6. The van der Waals surface area contributed by atoms with Crippen molar-refractivity contribution in [2.45, 2.75) is 26.3 Å². The predicted octanol–water partition coefficient (Wildman–Crippen LogP) is 7.35. The number of aromatic nitrogens is 1. The van der Waals surface area contributed by atoms with Crippen molar-refractivity contribution in [1.82, 2.24) is 9.47 Å². The van der Waals surface area contributed by atoms with Crippen LogP contribution in [0.5, 0.6) is 0 Å². The van der Waals surface area contributed by atoms with Gasteiger partial charge in [0, 0.05) is 35.3 Å². The van der Waals surface area contributed by atoms with Crippen LogP contribution in [0.3, 0.4) is 0 Å². The number of para-hydroxylation sites is 1. The fraction of sp³-hybridized carbons (Fsp3) is 0.172. The van der Waals surface area contributed by atoms with Gasteiger partial charge in [-0.1, -0.05) is 109 Å². The fourth-order valence-corrected chi connectivity index (χ4v) is 6.02. The van der Waals surface area contributed by atoms with Gasteiger partial charge in [0.1, 0.15) is 4.32 Å². The molecule has 0 bridgehead atoms. The topological polar surface area (TPSA) is 25.2 Å². The highest BCUT2D eigenvalue weighted by molar-refractivity contribution is 8.26. The number of carbonyl (C=O) groups is 1. The number of thioether (sulfide) groups is 1. The van der Waals surface area contributed by atoms with Gasteiger partial charge in [-0.25, -0.2) is 0 Å². The summed E-state index contributed by atoms with van der Waals surface area (Å²) in [4.78, 5) is 15.7. The second-order valence-electron chi connectivity index (χ2n) is 8.54. The van der Waals surface area contributed by atoms with Crippen LogP contribution in [-0.4, -0.2) is 26.2 Å². The molecule has 4 aromatic rings. The smallest absolute Gasteiger partial charge is 0.266 e. The molecule has 0 spiro atoms. The van der Waals surface area contributed by atoms with Crippen molar-refractivity contribution in [3.05, 3.63) is 111 Å². The van der Waals surface area contributed by atoms with Gasteiger partial charge in [-0.05, 0) is 41.7 Å². The third-order valence-corrected chi connectivity index (χ3v) is 8.07. The van der Waals surface area contributed by atoms with Gasteiger partial charge in [-0.2, -0.15) is 0 Å². The molecule has 3 aromatic carbocycles. The molecule has 2 heterocycles. The minimum Gasteiger partial charge on any atom is -0.342 e. The third kappa shape index (κ3) is 4.94. The van der Waals surface area contributed by atoms with E-state index < -0.39 is 0 Å². The highest BCUT2D eigenvalue weighted by Crippen LogP contribution is 2.35. The van der Waals surface area contributed by atoms with E-state index >= 15 is 0 Å². The summed E-state index contributed by atoms with van der Waals surface area (Å²) in [6.45, 7) is 3.42. The van der Waals surface area contributed by atoms with E-state index in [1.54, 1.807) is 4.90 Å². The van der Waals surface area contributed by atoms with E-state index in [1.807, 2.05) is 42.5 Å². The van der Waals surface area contributed by atoms with E-state index in [-0.39, 0.29) is 5.91 Å². The van der Waals surface area contributed by atoms with Gasteiger partial charge in [0.15, 0.2) is 0 Å². The SMILES string of the molecule is CCc1cccc2c(/C=C3\SC(=S)N(CCc4ccccc4)C3=O)cn(Cc3ccccc3Cl)c12. The van der Waals surface area contributed by atoms with Crippen molar-refractivity contribution in [3.63, 3.8) is 0 Å². The minimum absolute atomic E-state index is 0.0189. The molecule has 1 aliphatic rings. The average molecular weight is 517 g/mol. The van der Waals surface area contributed by atoms with Crippen molar-refractivity contribution >= 4 is 62.8 Å². The lowest BCUT2D eigenvalue weighted by molar-refractivity contribution is -0.122. The summed E-state index contributed by atoms with van der Waals surface area (Å²) in [5, 5.41) is 1.88. The highest BCUT2D eigenvalue weighted by atomic mass is 35.5. The van der Waals surface area contributed by atoms with Crippen molar-refractivity contribution < 1.29 is 4.79 Å². The first-order valence-electron chi connectivity index (χ1n) is 11.7. The zero-order valence-corrected chi connectivity index (χ0v) is 21.8. The van der Waals surface area contributed by atoms with Crippen LogP contribution in [0.15, 0.2) is 83.9 Å². The highest BCUT2D eigenvalue weighted by Gasteiger charge is 2.32. The maximum absolute atomic E-state index is 13.3. The Balaban J connectivity index is 1.48. The molecule has 0 aliphatic carbocycles. The molecule has 176 valence electrons. The number of nitrogens with zero attached hydrogens (tertiary/aromatic N) is 2. The molecule has 1 aliphatic heterocycles. The molecule has 3 nitrogen and oxygen atoms in total. The Morgan fingerprint density at radius 3 is 2.49 bits per heavy atom. The normalized spacial score (nSPS) is 15.0. The molecular formula is C29H25ClN2OS2. The van der Waals surface area contributed by atoms with Gasteiger partial charge in [-0.3, -0.25) is 9.69 Å². The number of halogens is 1. The van der Waals surface area contributed by atoms with E-state index in [2.05, 4.69) is 54.1 Å². The van der Waals surface area contributed by atoms with Gasteiger partial charge < -0.3 is 4.57 Å². The van der Waals surface area contributed by atoms with Crippen LogP contribution in [0.4, 0.5) is 0 Å². The standard InChI is InChI=1S/C29H25ClN2OS2/c1-2-21-12-8-13-24-23(19-31(27(21)24)18-22-11-6-7-14-25(22)30)17-26-28(33)32(29(34)35-26)16-15-20-9-4-3-5-10-20/h3-14,17,19H,2,15-16,18H2,1H3/b26-17-. The lowest BCUT2D eigenvalue weighted by atomic mass is 10.1. The summed E-state index contributed by atoms with van der Waals surface area (Å²) in [6, 6.07) is 24.5. The molecule has 1 fully saturated rings. The second kappa shape index (κ2) is 10.4. The zero-order valence-electron chi connectivity index (χ0n) is 19.4. The van der Waals surface area contributed by atoms with E-state index in [0.29, 0.717) is 22.3 Å². The molecule has 35 heavy (non-hydrogen) atoms. The maximum atomic E-state index is 13.3. The quantitative estimate of drug-likeness (QED) is 0.190. The summed E-state index contributed by atoms with van der Waals surface area (Å²) in [6.07, 6.45) is 5.82. The van der Waals surface area contributed by atoms with Crippen LogP contribution < -0.4 is 0 Å². The Hall–Kier alpha value is -2.86. The van der Waals surface area contributed by atoms with Crippen molar-refractivity contribution in [2.24, 2.45) is 0 Å². The van der Waals surface area contributed by atoms with E-state index in [1.165, 1.54) is 28.4 Å². The Morgan fingerprint density at radius 2 is 1.71 bits per heavy atom. The summed E-state index contributed by atoms with van der Waals surface area (Å²) in [5.41, 5.74) is 5.73. The summed E-state index contributed by atoms with van der Waals surface area (Å²) in [7, 11) is 0. The summed E-state index contributed by atoms with van der Waals surface area (Å²) >= 11 is 13.4. The Labute approximate surface area is 220 Å². The molecule has 0 N–H and O–H groups in total. The monoisotopic (exact) mass is 516 g/mol. The van der Waals surface area contributed by atoms with Crippen LogP contribution in [0.2, 0.25) is 5.02 Å². The summed E-state index contributed by atoms with van der Waals surface area (Å²) in [5.74, 6) is -0.0189. The van der Waals surface area contributed by atoms with Crippen LogP contribution in [0, 0.1) is 0 Å². The maximum Gasteiger partial charge on any atom is 0.266 e. The summed E-state index contributed by atoms with van der Waals surface area (Å²) < 4.78 is 2.86. The van der Waals surface area contributed by atoms with Crippen LogP contribution in [-0.2, 0) is 24.2 Å². The molecular weight excluding hydrogens is 492 g/mol. The lowest BCUT2D eigenvalue weighted by Gasteiger charge is -2.14. The van der Waals surface area contributed by atoms with Gasteiger partial charge in [0.2, 0.25) is 0 Å². The van der Waals surface area contributed by atoms with Gasteiger partial charge >= 0.3 is 0 Å². The number of hydrogen-bond donors (Lipinski definition) is 0. The van der Waals surface area contributed by atoms with Crippen LogP contribution in [0.25, 0.3) is 17.0 Å². The number of aryl methyl sites for hydroxylation is 1. The molecule has 0 radical (unpaired) electrons. The van der Waals surface area contributed by atoms with Gasteiger partial charge in [0.25, 0.3) is 5.91 Å². The number of rotatable bonds is 7. The van der Waals surface area contributed by atoms with Gasteiger partial charge in [-0.15, -0.1) is 0 Å². The van der Waals surface area contributed by atoms with E-state index in [4.69, 9.17) is 23.8 Å². The predicted molar refractivity (Wildman–Crippen MR) is 152 cm³/mol. The largest absolute Gasteiger partial charge is 0.342 e. The first kappa shape index (κ1) is 23.9. The molecule has 0 saturated carbocycles. The molecule has 6 heteroatoms. The molecule has 0 unspecified atom stereocenters. The number of carbonyl (C=O) groups excluding carboxylic acids is 1. The number of amides is 1. The first-order chi connectivity index (χ1) is 17.0. The molecule has 1 saturated heterocycles. The number of fused-ring (bicyclic) bond motifs is 1. The van der Waals surface area contributed by atoms with E-state index in [9.17, 15) is 4.79 Å². The molecule has 1 aromatic heterocycles. The first-order valence-corrected chi connectivity index (χ1v) is 13.3. The zero-order chi connectivity index (χ0) is 24.4. The van der Waals surface area contributed by atoms with E-state index in [0.717, 1.165) is 34.4 Å². The molecule has 5 rings (SSSR count). The van der Waals surface area contributed by atoms with Crippen LogP contribution in [0.1, 0.15) is 29.2 Å². The average Bonchev–Trinajstić information content (AvgIpc) is 3.36. The number of benzene rings is 3. The number of thiocarbonyl (C=S) groups is 1. The molecule has 0 atom stereocenters. The lowest BCUT2D eigenvalue weighted by Crippen LogP contribution is -2.30. The van der Waals surface area contributed by atoms with Crippen molar-refractivity contribution in [1.29, 1.82) is 0 Å². The van der Waals surface area contributed by atoms with Gasteiger partial charge in [0.05, 0.1) is 10.4 Å². The Kier molecular flexibility index (Phi) is 7.09.